The average molecular weight is 311 g/mol. The topological polar surface area (TPSA) is 101 Å². The maximum atomic E-state index is 12.6. The Bertz CT molecular complexity index is 883. The number of fused-ring (bicyclic) bond motifs is 1. The number of carbonyl (C=O) groups is 2. The minimum absolute atomic E-state index is 0.0129. The van der Waals surface area contributed by atoms with Gasteiger partial charge in [-0.25, -0.2) is 0 Å². The van der Waals surface area contributed by atoms with Crippen molar-refractivity contribution in [1.29, 1.82) is 0 Å². The molecule has 0 aliphatic carbocycles. The molecule has 0 spiro atoms. The van der Waals surface area contributed by atoms with Crippen molar-refractivity contribution in [3.05, 3.63) is 59.6 Å². The Hall–Kier alpha value is -3.15. The van der Waals surface area contributed by atoms with Crippen LogP contribution in [-0.2, 0) is 11.2 Å². The number of pyridine rings is 1. The van der Waals surface area contributed by atoms with Gasteiger partial charge in [0.05, 0.1) is 0 Å². The number of hydrogen-bond donors (Lipinski definition) is 2. The maximum Gasteiger partial charge on any atom is 0.303 e. The summed E-state index contributed by atoms with van der Waals surface area (Å²) in [7, 11) is 0. The molecule has 0 radical (unpaired) electrons. The summed E-state index contributed by atoms with van der Waals surface area (Å²) in [6, 6.07) is 7.63. The van der Waals surface area contributed by atoms with E-state index in [9.17, 15) is 14.7 Å². The van der Waals surface area contributed by atoms with E-state index in [2.05, 4.69) is 4.98 Å². The number of benzene rings is 1. The average Bonchev–Trinajstić information content (AvgIpc) is 2.90. The van der Waals surface area contributed by atoms with Gasteiger partial charge in [0.1, 0.15) is 11.3 Å². The molecular weight excluding hydrogens is 298 g/mol. The summed E-state index contributed by atoms with van der Waals surface area (Å²) >= 11 is 0. The Morgan fingerprint density at radius 3 is 2.57 bits per heavy atom. The van der Waals surface area contributed by atoms with Gasteiger partial charge >= 0.3 is 5.97 Å². The Kier molecular flexibility index (Phi) is 3.80. The Balaban J connectivity index is 2.12. The molecule has 2 N–H and O–H groups in total. The molecular formula is C17H13NO5. The summed E-state index contributed by atoms with van der Waals surface area (Å²) in [5.41, 5.74) is 1.28. The predicted molar refractivity (Wildman–Crippen MR) is 81.5 cm³/mol. The van der Waals surface area contributed by atoms with Crippen LogP contribution in [0.1, 0.15) is 28.1 Å². The number of ketones is 1. The summed E-state index contributed by atoms with van der Waals surface area (Å²) in [4.78, 5) is 27.4. The normalized spacial score (nSPS) is 10.8. The van der Waals surface area contributed by atoms with Gasteiger partial charge in [-0.05, 0) is 30.7 Å². The number of carboxylic acid groups (broad SMARTS) is 1. The number of carbonyl (C=O) groups excluding carboxylic acids is 1. The van der Waals surface area contributed by atoms with E-state index in [1.54, 1.807) is 18.2 Å². The summed E-state index contributed by atoms with van der Waals surface area (Å²) < 4.78 is 5.61. The number of rotatable bonds is 5. The monoisotopic (exact) mass is 311 g/mol. The number of carboxylic acids is 1. The van der Waals surface area contributed by atoms with Crippen LogP contribution in [0.15, 0.2) is 47.1 Å². The largest absolute Gasteiger partial charge is 0.508 e. The second-order valence-corrected chi connectivity index (χ2v) is 5.05. The van der Waals surface area contributed by atoms with Crippen molar-refractivity contribution in [2.24, 2.45) is 0 Å². The number of nitrogens with zero attached hydrogens (tertiary/aromatic N) is 1. The van der Waals surface area contributed by atoms with Crippen molar-refractivity contribution in [1.82, 2.24) is 4.98 Å². The highest BCUT2D eigenvalue weighted by Crippen LogP contribution is 2.31. The molecule has 0 atom stereocenters. The fourth-order valence-electron chi connectivity index (χ4n) is 2.44. The quantitative estimate of drug-likeness (QED) is 0.703. The van der Waals surface area contributed by atoms with E-state index >= 15 is 0 Å². The first-order valence-electron chi connectivity index (χ1n) is 6.97. The zero-order chi connectivity index (χ0) is 16.4. The predicted octanol–water partition coefficient (Wildman–Crippen LogP) is 2.78. The zero-order valence-electron chi connectivity index (χ0n) is 12.0. The molecule has 2 heterocycles. The molecule has 0 unspecified atom stereocenters. The van der Waals surface area contributed by atoms with Crippen LogP contribution in [0.5, 0.6) is 5.75 Å². The van der Waals surface area contributed by atoms with Crippen LogP contribution in [0.25, 0.3) is 11.0 Å². The van der Waals surface area contributed by atoms with Crippen LogP contribution in [0, 0.1) is 0 Å². The van der Waals surface area contributed by atoms with E-state index < -0.39 is 5.97 Å². The fourth-order valence-corrected chi connectivity index (χ4v) is 2.44. The van der Waals surface area contributed by atoms with Crippen molar-refractivity contribution in [2.75, 3.05) is 0 Å². The van der Waals surface area contributed by atoms with Gasteiger partial charge in [0.2, 0.25) is 5.78 Å². The molecule has 3 rings (SSSR count). The lowest BCUT2D eigenvalue weighted by Crippen LogP contribution is -2.05. The van der Waals surface area contributed by atoms with Gasteiger partial charge in [0.25, 0.3) is 0 Å². The van der Waals surface area contributed by atoms with Crippen LogP contribution in [0.3, 0.4) is 0 Å². The molecule has 0 bridgehead atoms. The lowest BCUT2D eigenvalue weighted by molar-refractivity contribution is -0.136. The first-order valence-corrected chi connectivity index (χ1v) is 6.97. The van der Waals surface area contributed by atoms with E-state index in [0.717, 1.165) is 0 Å². The molecule has 0 saturated heterocycles. The molecule has 2 aromatic heterocycles. The molecule has 1 aromatic carbocycles. The summed E-state index contributed by atoms with van der Waals surface area (Å²) in [5, 5.41) is 19.1. The number of phenolic OH excluding ortho intramolecular Hbond substituents is 1. The second kappa shape index (κ2) is 5.92. The molecule has 3 aromatic rings. The lowest BCUT2D eigenvalue weighted by atomic mass is 10.0. The van der Waals surface area contributed by atoms with Crippen molar-refractivity contribution in [3.63, 3.8) is 0 Å². The molecule has 23 heavy (non-hydrogen) atoms. The number of furan rings is 1. The highest BCUT2D eigenvalue weighted by atomic mass is 16.4. The molecule has 0 aliphatic rings. The van der Waals surface area contributed by atoms with Crippen LogP contribution < -0.4 is 0 Å². The number of aromatic hydroxyl groups is 1. The van der Waals surface area contributed by atoms with Crippen molar-refractivity contribution in [2.45, 2.75) is 12.8 Å². The third kappa shape index (κ3) is 2.91. The molecule has 0 amide bonds. The summed E-state index contributed by atoms with van der Waals surface area (Å²) in [6.45, 7) is 0. The van der Waals surface area contributed by atoms with E-state index in [1.165, 1.54) is 24.5 Å². The molecule has 0 aliphatic heterocycles. The maximum absolute atomic E-state index is 12.6. The lowest BCUT2D eigenvalue weighted by Gasteiger charge is -2.01. The van der Waals surface area contributed by atoms with Gasteiger partial charge in [-0.15, -0.1) is 0 Å². The van der Waals surface area contributed by atoms with E-state index in [0.29, 0.717) is 22.1 Å². The van der Waals surface area contributed by atoms with E-state index in [1.807, 2.05) is 0 Å². The van der Waals surface area contributed by atoms with Crippen molar-refractivity contribution < 1.29 is 24.2 Å². The summed E-state index contributed by atoms with van der Waals surface area (Å²) in [6.07, 6.45) is 3.04. The van der Waals surface area contributed by atoms with Gasteiger partial charge in [-0.3, -0.25) is 14.6 Å². The Labute approximate surface area is 131 Å². The summed E-state index contributed by atoms with van der Waals surface area (Å²) in [5.74, 6) is -1.19. The fraction of sp³-hybridized carbons (Fsp3) is 0.118. The number of phenols is 1. The van der Waals surface area contributed by atoms with Crippen LogP contribution in [0.4, 0.5) is 0 Å². The SMILES string of the molecule is O=C(O)CCc1c(C(=O)c2ccncc2)oc2cc(O)ccc12. The molecule has 0 fully saturated rings. The highest BCUT2D eigenvalue weighted by molar-refractivity contribution is 6.10. The Morgan fingerprint density at radius 2 is 1.87 bits per heavy atom. The molecule has 6 heteroatoms. The van der Waals surface area contributed by atoms with Gasteiger partial charge in [-0.1, -0.05) is 0 Å². The third-order valence-corrected chi connectivity index (χ3v) is 3.51. The molecule has 6 nitrogen and oxygen atoms in total. The van der Waals surface area contributed by atoms with Crippen LogP contribution >= 0.6 is 0 Å². The number of hydrogen-bond acceptors (Lipinski definition) is 5. The minimum atomic E-state index is -0.958. The zero-order valence-corrected chi connectivity index (χ0v) is 12.0. The smallest absolute Gasteiger partial charge is 0.303 e. The second-order valence-electron chi connectivity index (χ2n) is 5.05. The number of aromatic nitrogens is 1. The minimum Gasteiger partial charge on any atom is -0.508 e. The standard InChI is InChI=1S/C17H13NO5/c19-11-1-2-12-13(3-4-15(20)21)17(23-14(12)9-11)16(22)10-5-7-18-8-6-10/h1-2,5-9,19H,3-4H2,(H,20,21). The van der Waals surface area contributed by atoms with E-state index in [-0.39, 0.29) is 30.1 Å². The van der Waals surface area contributed by atoms with Gasteiger partial charge in [-0.2, -0.15) is 0 Å². The molecule has 116 valence electrons. The van der Waals surface area contributed by atoms with E-state index in [4.69, 9.17) is 9.52 Å². The first kappa shape index (κ1) is 14.8. The van der Waals surface area contributed by atoms with Crippen LogP contribution in [-0.4, -0.2) is 26.9 Å². The number of aliphatic carboxylic acids is 1. The third-order valence-electron chi connectivity index (χ3n) is 3.51. The Morgan fingerprint density at radius 1 is 1.13 bits per heavy atom. The van der Waals surface area contributed by atoms with Crippen molar-refractivity contribution >= 4 is 22.7 Å². The van der Waals surface area contributed by atoms with Crippen molar-refractivity contribution in [3.8, 4) is 5.75 Å². The highest BCUT2D eigenvalue weighted by Gasteiger charge is 2.22. The van der Waals surface area contributed by atoms with Gasteiger partial charge in [0.15, 0.2) is 5.76 Å². The van der Waals surface area contributed by atoms with Crippen LogP contribution in [0.2, 0.25) is 0 Å². The molecule has 0 saturated carbocycles. The van der Waals surface area contributed by atoms with Gasteiger partial charge in [0, 0.05) is 41.4 Å². The van der Waals surface area contributed by atoms with Gasteiger partial charge < -0.3 is 14.6 Å². The first-order chi connectivity index (χ1) is 11.1. The number of aryl methyl sites for hydroxylation is 1.